The lowest BCUT2D eigenvalue weighted by atomic mass is 10.3. The third-order valence-corrected chi connectivity index (χ3v) is 6.55. The lowest BCUT2D eigenvalue weighted by molar-refractivity contribution is -0.0498. The van der Waals surface area contributed by atoms with Crippen molar-refractivity contribution in [3.8, 4) is 11.4 Å². The molecule has 1 aliphatic carbocycles. The molecule has 0 spiro atoms. The van der Waals surface area contributed by atoms with E-state index in [1.54, 1.807) is 28.2 Å². The summed E-state index contributed by atoms with van der Waals surface area (Å²) >= 11 is 3.25. The van der Waals surface area contributed by atoms with Crippen LogP contribution in [0.15, 0.2) is 46.9 Å². The summed E-state index contributed by atoms with van der Waals surface area (Å²) in [5.41, 5.74) is 0.657. The molecule has 1 aliphatic rings. The molecule has 0 bridgehead atoms. The number of rotatable bonds is 9. The Morgan fingerprint density at radius 2 is 1.94 bits per heavy atom. The molecule has 0 saturated heterocycles. The van der Waals surface area contributed by atoms with E-state index in [4.69, 9.17) is 0 Å². The number of nitrogens with zero attached hydrogens (tertiary/aromatic N) is 7. The van der Waals surface area contributed by atoms with E-state index < -0.39 is 6.61 Å². The molecule has 4 aromatic rings. The van der Waals surface area contributed by atoms with E-state index in [0.717, 1.165) is 30.2 Å². The van der Waals surface area contributed by atoms with E-state index in [1.807, 2.05) is 6.07 Å². The third-order valence-electron chi connectivity index (χ3n) is 4.73. The van der Waals surface area contributed by atoms with Gasteiger partial charge in [-0.15, -0.1) is 26.6 Å². The highest BCUT2D eigenvalue weighted by atomic mass is 32.2. The topological polar surface area (TPSA) is 83.5 Å². The van der Waals surface area contributed by atoms with Crippen LogP contribution < -0.4 is 4.74 Å². The van der Waals surface area contributed by atoms with Crippen LogP contribution >= 0.6 is 23.1 Å². The van der Waals surface area contributed by atoms with E-state index in [1.165, 1.54) is 28.8 Å². The number of hydrogen-bond donors (Lipinski definition) is 0. The Morgan fingerprint density at radius 1 is 1.10 bits per heavy atom. The van der Waals surface area contributed by atoms with Gasteiger partial charge in [-0.1, -0.05) is 17.8 Å². The molecule has 5 rings (SSSR count). The SMILES string of the molecule is FC(F)Oc1ccc(-n2nnnc2CSc2nnc(Cc3cccs3)n2C2CC2)cc1. The minimum atomic E-state index is -2.86. The van der Waals surface area contributed by atoms with Gasteiger partial charge in [0.05, 0.1) is 11.4 Å². The molecule has 1 aromatic carbocycles. The lowest BCUT2D eigenvalue weighted by Crippen LogP contribution is -2.05. The number of thioether (sulfide) groups is 1. The molecule has 0 radical (unpaired) electrons. The van der Waals surface area contributed by atoms with Crippen LogP contribution in [-0.4, -0.2) is 41.6 Å². The van der Waals surface area contributed by atoms with E-state index >= 15 is 0 Å². The monoisotopic (exact) mass is 461 g/mol. The maximum Gasteiger partial charge on any atom is 0.387 e. The number of alkyl halides is 2. The zero-order chi connectivity index (χ0) is 21.2. The highest BCUT2D eigenvalue weighted by molar-refractivity contribution is 7.98. The van der Waals surface area contributed by atoms with Crippen LogP contribution in [0.2, 0.25) is 0 Å². The number of ether oxygens (including phenoxy) is 1. The first kappa shape index (κ1) is 20.1. The smallest absolute Gasteiger partial charge is 0.387 e. The van der Waals surface area contributed by atoms with Crippen molar-refractivity contribution >= 4 is 23.1 Å². The largest absolute Gasteiger partial charge is 0.435 e. The van der Waals surface area contributed by atoms with Crippen LogP contribution in [0.25, 0.3) is 5.69 Å². The van der Waals surface area contributed by atoms with Gasteiger partial charge in [0, 0.05) is 17.3 Å². The van der Waals surface area contributed by atoms with Gasteiger partial charge in [-0.3, -0.25) is 0 Å². The lowest BCUT2D eigenvalue weighted by Gasteiger charge is -2.09. The number of hydrogen-bond acceptors (Lipinski definition) is 8. The van der Waals surface area contributed by atoms with E-state index in [-0.39, 0.29) is 5.75 Å². The first-order valence-corrected chi connectivity index (χ1v) is 11.5. The van der Waals surface area contributed by atoms with Gasteiger partial charge < -0.3 is 9.30 Å². The second-order valence-electron chi connectivity index (χ2n) is 6.92. The molecule has 0 atom stereocenters. The Morgan fingerprint density at radius 3 is 2.65 bits per heavy atom. The Bertz CT molecular complexity index is 1140. The van der Waals surface area contributed by atoms with Crippen molar-refractivity contribution in [1.82, 2.24) is 35.0 Å². The van der Waals surface area contributed by atoms with Crippen molar-refractivity contribution in [2.45, 2.75) is 42.8 Å². The molecule has 0 aliphatic heterocycles. The van der Waals surface area contributed by atoms with Crippen LogP contribution in [0.3, 0.4) is 0 Å². The van der Waals surface area contributed by atoms with Crippen molar-refractivity contribution < 1.29 is 13.5 Å². The van der Waals surface area contributed by atoms with Gasteiger partial charge in [-0.05, 0) is 59.0 Å². The zero-order valence-corrected chi connectivity index (χ0v) is 17.8. The number of halogens is 2. The van der Waals surface area contributed by atoms with Crippen LogP contribution in [0, 0.1) is 0 Å². The summed E-state index contributed by atoms with van der Waals surface area (Å²) in [6, 6.07) is 10.8. The molecule has 3 aromatic heterocycles. The molecule has 0 unspecified atom stereocenters. The predicted octanol–water partition coefficient (Wildman–Crippen LogP) is 4.13. The fraction of sp³-hybridized carbons (Fsp3) is 0.316. The molecular formula is C19H17F2N7OS2. The zero-order valence-electron chi connectivity index (χ0n) is 16.1. The van der Waals surface area contributed by atoms with Crippen LogP contribution in [-0.2, 0) is 12.2 Å². The average Bonchev–Trinajstić information content (AvgIpc) is 3.15. The minimum absolute atomic E-state index is 0.0820. The normalized spacial score (nSPS) is 13.8. The van der Waals surface area contributed by atoms with Gasteiger partial charge in [0.25, 0.3) is 0 Å². The fourth-order valence-electron chi connectivity index (χ4n) is 3.19. The molecule has 12 heteroatoms. The van der Waals surface area contributed by atoms with Crippen molar-refractivity contribution in [2.24, 2.45) is 0 Å². The second kappa shape index (κ2) is 8.71. The van der Waals surface area contributed by atoms with Gasteiger partial charge in [0.2, 0.25) is 0 Å². The van der Waals surface area contributed by atoms with Crippen LogP contribution in [0.4, 0.5) is 8.78 Å². The Labute approximate surface area is 184 Å². The summed E-state index contributed by atoms with van der Waals surface area (Å²) in [6.45, 7) is -2.86. The molecular weight excluding hydrogens is 444 g/mol. The Kier molecular flexibility index (Phi) is 5.64. The molecule has 1 saturated carbocycles. The predicted molar refractivity (Wildman–Crippen MR) is 111 cm³/mol. The van der Waals surface area contributed by atoms with E-state index in [2.05, 4.69) is 46.5 Å². The fourth-order valence-corrected chi connectivity index (χ4v) is 4.82. The standard InChI is InChI=1S/C19H17F2N7OS2/c20-18(21)29-14-7-5-13(6-8-14)28-17(23-25-26-28)11-31-19-24-22-16(27(19)12-3-4-12)10-15-2-1-9-30-15/h1-2,5-9,12,18H,3-4,10-11H2. The number of tetrazole rings is 1. The van der Waals surface area contributed by atoms with Gasteiger partial charge in [-0.25, -0.2) is 0 Å². The van der Waals surface area contributed by atoms with Gasteiger partial charge in [0.1, 0.15) is 11.6 Å². The molecule has 3 heterocycles. The van der Waals surface area contributed by atoms with Gasteiger partial charge >= 0.3 is 6.61 Å². The molecule has 160 valence electrons. The first-order valence-electron chi connectivity index (χ1n) is 9.59. The maximum absolute atomic E-state index is 12.3. The Balaban J connectivity index is 1.31. The quantitative estimate of drug-likeness (QED) is 0.347. The highest BCUT2D eigenvalue weighted by Crippen LogP contribution is 2.39. The van der Waals surface area contributed by atoms with Crippen LogP contribution in [0.1, 0.15) is 35.4 Å². The van der Waals surface area contributed by atoms with E-state index in [9.17, 15) is 8.78 Å². The van der Waals surface area contributed by atoms with Gasteiger partial charge in [-0.2, -0.15) is 13.5 Å². The number of thiophene rings is 1. The molecule has 31 heavy (non-hydrogen) atoms. The van der Waals surface area contributed by atoms with Crippen molar-refractivity contribution in [2.75, 3.05) is 0 Å². The van der Waals surface area contributed by atoms with Crippen molar-refractivity contribution in [3.05, 3.63) is 58.3 Å². The number of aromatic nitrogens is 7. The molecule has 8 nitrogen and oxygen atoms in total. The Hall–Kier alpha value is -2.86. The summed E-state index contributed by atoms with van der Waals surface area (Å²) < 4.78 is 32.9. The van der Waals surface area contributed by atoms with Gasteiger partial charge in [0.15, 0.2) is 11.0 Å². The number of benzene rings is 1. The van der Waals surface area contributed by atoms with Crippen LogP contribution in [0.5, 0.6) is 5.75 Å². The summed E-state index contributed by atoms with van der Waals surface area (Å²) in [6.07, 6.45) is 3.04. The summed E-state index contributed by atoms with van der Waals surface area (Å²) in [4.78, 5) is 1.26. The van der Waals surface area contributed by atoms with Crippen molar-refractivity contribution in [3.63, 3.8) is 0 Å². The molecule has 0 amide bonds. The summed E-state index contributed by atoms with van der Waals surface area (Å²) in [7, 11) is 0. The van der Waals surface area contributed by atoms with Crippen molar-refractivity contribution in [1.29, 1.82) is 0 Å². The highest BCUT2D eigenvalue weighted by Gasteiger charge is 2.30. The summed E-state index contributed by atoms with van der Waals surface area (Å²) in [5, 5.41) is 23.7. The molecule has 0 N–H and O–H groups in total. The molecule has 1 fully saturated rings. The van der Waals surface area contributed by atoms with E-state index in [0.29, 0.717) is 23.3 Å². The average molecular weight is 462 g/mol. The first-order chi connectivity index (χ1) is 15.2. The maximum atomic E-state index is 12.3. The third kappa shape index (κ3) is 4.59. The minimum Gasteiger partial charge on any atom is -0.435 e. The summed E-state index contributed by atoms with van der Waals surface area (Å²) in [5.74, 6) is 2.17. The second-order valence-corrected chi connectivity index (χ2v) is 8.90.